The molecule has 1 saturated carbocycles. The summed E-state index contributed by atoms with van der Waals surface area (Å²) in [5.41, 5.74) is 0.118. The molecule has 0 aliphatic heterocycles. The summed E-state index contributed by atoms with van der Waals surface area (Å²) in [6, 6.07) is 0. The lowest BCUT2D eigenvalue weighted by molar-refractivity contribution is -0.153. The summed E-state index contributed by atoms with van der Waals surface area (Å²) < 4.78 is 5.98. The van der Waals surface area contributed by atoms with Crippen LogP contribution in [0.4, 0.5) is 0 Å². The molecular weight excluding hydrogens is 224 g/mol. The van der Waals surface area contributed by atoms with Gasteiger partial charge in [0.15, 0.2) is 0 Å². The van der Waals surface area contributed by atoms with Gasteiger partial charge in [-0.3, -0.25) is 0 Å². The molecule has 0 saturated heterocycles. The van der Waals surface area contributed by atoms with E-state index in [9.17, 15) is 5.11 Å². The average Bonchev–Trinajstić information content (AvgIpc) is 2.33. The van der Waals surface area contributed by atoms with Crippen LogP contribution in [0.5, 0.6) is 0 Å². The summed E-state index contributed by atoms with van der Waals surface area (Å²) in [7, 11) is 0. The van der Waals surface area contributed by atoms with Crippen LogP contribution in [0.3, 0.4) is 0 Å². The number of hydrogen-bond donors (Lipinski definition) is 1. The van der Waals surface area contributed by atoms with E-state index < -0.39 is 0 Å². The van der Waals surface area contributed by atoms with Crippen LogP contribution in [0.2, 0.25) is 0 Å². The van der Waals surface area contributed by atoms with Crippen LogP contribution >= 0.6 is 0 Å². The fourth-order valence-corrected chi connectivity index (χ4v) is 2.93. The zero-order valence-corrected chi connectivity index (χ0v) is 12.4. The summed E-state index contributed by atoms with van der Waals surface area (Å²) in [4.78, 5) is 0. The molecule has 0 aromatic heterocycles. The van der Waals surface area contributed by atoms with E-state index in [2.05, 4.69) is 20.4 Å². The highest BCUT2D eigenvalue weighted by Gasteiger charge is 2.43. The molecule has 106 valence electrons. The lowest BCUT2D eigenvalue weighted by Gasteiger charge is -2.46. The van der Waals surface area contributed by atoms with E-state index in [1.807, 2.05) is 13.0 Å². The van der Waals surface area contributed by atoms with Gasteiger partial charge in [-0.1, -0.05) is 19.9 Å². The fraction of sp³-hybridized carbons (Fsp3) is 0.875. The standard InChI is InChI=1S/C16H30O2/c1-5-7-8-9-14(17)16(18-6-2)12-10-15(3,4)11-13-16/h5,14,17H,1,6-13H2,2-4H3. The van der Waals surface area contributed by atoms with Crippen molar-refractivity contribution in [2.75, 3.05) is 6.61 Å². The van der Waals surface area contributed by atoms with Crippen molar-refractivity contribution in [2.45, 2.75) is 77.4 Å². The lowest BCUT2D eigenvalue weighted by Crippen LogP contribution is -2.49. The summed E-state index contributed by atoms with van der Waals surface area (Å²) in [5, 5.41) is 10.5. The topological polar surface area (TPSA) is 29.5 Å². The minimum Gasteiger partial charge on any atom is -0.390 e. The van der Waals surface area contributed by atoms with Crippen LogP contribution in [0.15, 0.2) is 12.7 Å². The van der Waals surface area contributed by atoms with Gasteiger partial charge in [0.25, 0.3) is 0 Å². The van der Waals surface area contributed by atoms with E-state index in [1.54, 1.807) is 0 Å². The highest BCUT2D eigenvalue weighted by atomic mass is 16.5. The smallest absolute Gasteiger partial charge is 0.0940 e. The number of rotatable bonds is 7. The molecule has 18 heavy (non-hydrogen) atoms. The average molecular weight is 254 g/mol. The summed E-state index contributed by atoms with van der Waals surface area (Å²) in [6.45, 7) is 11.1. The van der Waals surface area contributed by atoms with E-state index in [0.29, 0.717) is 12.0 Å². The van der Waals surface area contributed by atoms with Gasteiger partial charge in [0.2, 0.25) is 0 Å². The van der Waals surface area contributed by atoms with Crippen LogP contribution in [-0.2, 0) is 4.74 Å². The monoisotopic (exact) mass is 254 g/mol. The number of hydrogen-bond acceptors (Lipinski definition) is 2. The number of ether oxygens (including phenoxy) is 1. The number of aliphatic hydroxyl groups excluding tert-OH is 1. The molecule has 0 bridgehead atoms. The first-order valence-electron chi connectivity index (χ1n) is 7.39. The maximum atomic E-state index is 10.5. The molecule has 1 fully saturated rings. The van der Waals surface area contributed by atoms with Gasteiger partial charge in [0, 0.05) is 6.61 Å². The SMILES string of the molecule is C=CCCCC(O)C1(OCC)CCC(C)(C)CC1. The molecule has 1 N–H and O–H groups in total. The second-order valence-electron chi connectivity index (χ2n) is 6.40. The van der Waals surface area contributed by atoms with Crippen molar-refractivity contribution in [2.24, 2.45) is 5.41 Å². The zero-order chi connectivity index (χ0) is 13.6. The zero-order valence-electron chi connectivity index (χ0n) is 12.4. The molecule has 0 heterocycles. The summed E-state index contributed by atoms with van der Waals surface area (Å²) in [5.74, 6) is 0. The molecule has 0 amide bonds. The Labute approximate surface area is 112 Å². The highest BCUT2D eigenvalue weighted by Crippen LogP contribution is 2.44. The number of aliphatic hydroxyl groups is 1. The minimum absolute atomic E-state index is 0.286. The minimum atomic E-state index is -0.325. The molecule has 1 unspecified atom stereocenters. The van der Waals surface area contributed by atoms with Gasteiger partial charge in [-0.25, -0.2) is 0 Å². The van der Waals surface area contributed by atoms with E-state index in [-0.39, 0.29) is 11.7 Å². The third-order valence-electron chi connectivity index (χ3n) is 4.37. The van der Waals surface area contributed by atoms with Gasteiger partial charge in [-0.05, 0) is 57.3 Å². The van der Waals surface area contributed by atoms with Crippen molar-refractivity contribution >= 4 is 0 Å². The molecule has 0 radical (unpaired) electrons. The molecule has 0 aromatic rings. The quantitative estimate of drug-likeness (QED) is 0.548. The Balaban J connectivity index is 2.60. The molecular formula is C16H30O2. The third kappa shape index (κ3) is 4.10. The van der Waals surface area contributed by atoms with Gasteiger partial charge in [-0.15, -0.1) is 6.58 Å². The van der Waals surface area contributed by atoms with Crippen LogP contribution in [-0.4, -0.2) is 23.4 Å². The molecule has 1 rings (SSSR count). The van der Waals surface area contributed by atoms with Crippen LogP contribution in [0, 0.1) is 5.41 Å². The molecule has 2 heteroatoms. The van der Waals surface area contributed by atoms with E-state index >= 15 is 0 Å². The Bertz CT molecular complexity index is 248. The maximum Gasteiger partial charge on any atom is 0.0940 e. The molecule has 1 atom stereocenters. The van der Waals surface area contributed by atoms with Crippen molar-refractivity contribution in [1.82, 2.24) is 0 Å². The van der Waals surface area contributed by atoms with Crippen molar-refractivity contribution < 1.29 is 9.84 Å². The van der Waals surface area contributed by atoms with E-state index in [0.717, 1.165) is 44.9 Å². The number of unbranched alkanes of at least 4 members (excludes halogenated alkanes) is 1. The van der Waals surface area contributed by atoms with Gasteiger partial charge < -0.3 is 9.84 Å². The molecule has 0 spiro atoms. The first-order chi connectivity index (χ1) is 8.46. The first kappa shape index (κ1) is 15.7. The van der Waals surface area contributed by atoms with E-state index in [1.165, 1.54) is 0 Å². The van der Waals surface area contributed by atoms with Gasteiger partial charge in [0.05, 0.1) is 11.7 Å². The Hall–Kier alpha value is -0.340. The van der Waals surface area contributed by atoms with Crippen molar-refractivity contribution in [3.8, 4) is 0 Å². The molecule has 1 aliphatic rings. The van der Waals surface area contributed by atoms with Crippen LogP contribution in [0.1, 0.15) is 65.7 Å². The third-order valence-corrected chi connectivity index (χ3v) is 4.37. The maximum absolute atomic E-state index is 10.5. The van der Waals surface area contributed by atoms with Gasteiger partial charge in [-0.2, -0.15) is 0 Å². The predicted octanol–water partition coefficient (Wildman–Crippen LogP) is 4.08. The largest absolute Gasteiger partial charge is 0.390 e. The second-order valence-corrected chi connectivity index (χ2v) is 6.40. The predicted molar refractivity (Wildman–Crippen MR) is 76.7 cm³/mol. The Morgan fingerprint density at radius 2 is 1.89 bits per heavy atom. The second kappa shape index (κ2) is 6.72. The summed E-state index contributed by atoms with van der Waals surface area (Å²) >= 11 is 0. The molecule has 2 nitrogen and oxygen atoms in total. The fourth-order valence-electron chi connectivity index (χ4n) is 2.93. The normalized spacial score (nSPS) is 23.6. The van der Waals surface area contributed by atoms with Gasteiger partial charge in [0.1, 0.15) is 0 Å². The summed E-state index contributed by atoms with van der Waals surface area (Å²) in [6.07, 6.45) is 8.67. The Morgan fingerprint density at radius 3 is 2.39 bits per heavy atom. The first-order valence-corrected chi connectivity index (χ1v) is 7.39. The van der Waals surface area contributed by atoms with Crippen LogP contribution < -0.4 is 0 Å². The van der Waals surface area contributed by atoms with Gasteiger partial charge >= 0.3 is 0 Å². The Morgan fingerprint density at radius 1 is 1.28 bits per heavy atom. The molecule has 1 aliphatic carbocycles. The van der Waals surface area contributed by atoms with E-state index in [4.69, 9.17) is 4.74 Å². The Kier molecular flexibility index (Phi) is 5.87. The lowest BCUT2D eigenvalue weighted by atomic mass is 9.68. The van der Waals surface area contributed by atoms with Crippen molar-refractivity contribution in [3.63, 3.8) is 0 Å². The van der Waals surface area contributed by atoms with Crippen LogP contribution in [0.25, 0.3) is 0 Å². The van der Waals surface area contributed by atoms with Crippen molar-refractivity contribution in [3.05, 3.63) is 12.7 Å². The molecule has 0 aromatic carbocycles. The highest BCUT2D eigenvalue weighted by molar-refractivity contribution is 4.95. The van der Waals surface area contributed by atoms with Crippen molar-refractivity contribution in [1.29, 1.82) is 0 Å². The number of allylic oxidation sites excluding steroid dienone is 1.